The first-order valence-corrected chi connectivity index (χ1v) is 14.5. The molecule has 42 heavy (non-hydrogen) atoms. The minimum Gasteiger partial charge on any atom is -0.327 e. The van der Waals surface area contributed by atoms with Crippen molar-refractivity contribution in [3.8, 4) is 22.5 Å². The van der Waals surface area contributed by atoms with Crippen molar-refractivity contribution in [1.29, 1.82) is 0 Å². The number of fused-ring (bicyclic) bond motifs is 1. The lowest BCUT2D eigenvalue weighted by molar-refractivity contribution is -0.929. The van der Waals surface area contributed by atoms with Crippen LogP contribution in [0.15, 0.2) is 134 Å². The molecule has 4 aromatic carbocycles. The van der Waals surface area contributed by atoms with Gasteiger partial charge in [0.25, 0.3) is 5.91 Å². The largest absolute Gasteiger partial charge is 0.327 e. The molecule has 1 amide bonds. The molecular weight excluding hydrogens is 518 g/mol. The Hall–Kier alpha value is -5.07. The van der Waals surface area contributed by atoms with Crippen LogP contribution < -0.4 is 4.90 Å². The third-order valence-corrected chi connectivity index (χ3v) is 8.21. The average molecular weight is 551 g/mol. The molecule has 2 aromatic heterocycles. The van der Waals surface area contributed by atoms with Gasteiger partial charge in [0, 0.05) is 22.3 Å². The Bertz CT molecular complexity index is 1760. The monoisotopic (exact) mass is 550 g/mol. The van der Waals surface area contributed by atoms with Crippen LogP contribution in [0, 0.1) is 0 Å². The molecule has 1 fully saturated rings. The summed E-state index contributed by atoms with van der Waals surface area (Å²) in [5.74, 6) is -0.0169. The summed E-state index contributed by atoms with van der Waals surface area (Å²) in [6, 6.07) is 43.9. The van der Waals surface area contributed by atoms with Crippen LogP contribution in [0.3, 0.4) is 0 Å². The molecule has 1 aliphatic heterocycles. The average Bonchev–Trinajstić information content (AvgIpc) is 3.50. The van der Waals surface area contributed by atoms with E-state index >= 15 is 0 Å². The standard InChI is InChI=1S/C36H31N5O/c42-36(40-23-21-39(22-24-40)34(29-17-9-3-10-18-29)30-19-11-4-12-20-30)31-26-37-41-33(28-15-7-2-8-16-28)25-32(38-35(31)41)27-13-5-1-6-14-27/h1-20,25-26,34H,21-24H2/p+1. The van der Waals surface area contributed by atoms with E-state index in [4.69, 9.17) is 4.98 Å². The summed E-state index contributed by atoms with van der Waals surface area (Å²) in [5.41, 5.74) is 7.47. The van der Waals surface area contributed by atoms with Gasteiger partial charge >= 0.3 is 0 Å². The predicted octanol–water partition coefficient (Wildman–Crippen LogP) is 5.19. The molecule has 0 aliphatic carbocycles. The molecule has 1 aliphatic rings. The maximum Gasteiger partial charge on any atom is 0.259 e. The van der Waals surface area contributed by atoms with Gasteiger partial charge in [0.15, 0.2) is 5.65 Å². The second kappa shape index (κ2) is 11.4. The van der Waals surface area contributed by atoms with Gasteiger partial charge in [-0.1, -0.05) is 121 Å². The lowest BCUT2D eigenvalue weighted by atomic mass is 9.96. The first kappa shape index (κ1) is 25.9. The van der Waals surface area contributed by atoms with Crippen molar-refractivity contribution < 1.29 is 9.69 Å². The zero-order valence-electron chi connectivity index (χ0n) is 23.3. The number of hydrogen-bond donors (Lipinski definition) is 1. The smallest absolute Gasteiger partial charge is 0.259 e. The molecule has 1 saturated heterocycles. The second-order valence-corrected chi connectivity index (χ2v) is 10.8. The zero-order valence-corrected chi connectivity index (χ0v) is 23.3. The maximum absolute atomic E-state index is 14.0. The van der Waals surface area contributed by atoms with E-state index in [0.717, 1.165) is 35.6 Å². The third kappa shape index (κ3) is 4.97. The van der Waals surface area contributed by atoms with Gasteiger partial charge in [-0.05, 0) is 6.07 Å². The fourth-order valence-corrected chi connectivity index (χ4v) is 6.10. The topological polar surface area (TPSA) is 54.9 Å². The number of quaternary nitrogens is 1. The van der Waals surface area contributed by atoms with E-state index in [1.165, 1.54) is 16.0 Å². The fraction of sp³-hybridized carbons (Fsp3) is 0.139. The zero-order chi connectivity index (χ0) is 28.3. The Labute approximate surface area is 245 Å². The Morgan fingerprint density at radius 2 is 1.21 bits per heavy atom. The van der Waals surface area contributed by atoms with Gasteiger partial charge in [0.05, 0.1) is 43.8 Å². The number of amides is 1. The molecule has 1 N–H and O–H groups in total. The fourth-order valence-electron chi connectivity index (χ4n) is 6.10. The molecule has 3 heterocycles. The normalized spacial score (nSPS) is 14.0. The lowest BCUT2D eigenvalue weighted by Crippen LogP contribution is -3.15. The quantitative estimate of drug-likeness (QED) is 0.311. The van der Waals surface area contributed by atoms with E-state index in [0.29, 0.717) is 24.3 Å². The molecule has 0 unspecified atom stereocenters. The van der Waals surface area contributed by atoms with Crippen LogP contribution in [-0.4, -0.2) is 51.6 Å². The van der Waals surface area contributed by atoms with Crippen LogP contribution >= 0.6 is 0 Å². The number of piperazine rings is 1. The van der Waals surface area contributed by atoms with Crippen molar-refractivity contribution in [2.45, 2.75) is 6.04 Å². The maximum atomic E-state index is 14.0. The summed E-state index contributed by atoms with van der Waals surface area (Å²) in [6.45, 7) is 3.06. The number of benzene rings is 4. The highest BCUT2D eigenvalue weighted by Gasteiger charge is 2.33. The Morgan fingerprint density at radius 3 is 1.79 bits per heavy atom. The summed E-state index contributed by atoms with van der Waals surface area (Å²) < 4.78 is 1.80. The van der Waals surface area contributed by atoms with Crippen molar-refractivity contribution in [2.24, 2.45) is 0 Å². The number of nitrogens with zero attached hydrogens (tertiary/aromatic N) is 4. The van der Waals surface area contributed by atoms with Gasteiger partial charge in [0.1, 0.15) is 11.6 Å². The highest BCUT2D eigenvalue weighted by Crippen LogP contribution is 2.28. The minimum atomic E-state index is -0.0169. The first-order chi connectivity index (χ1) is 20.8. The van der Waals surface area contributed by atoms with Gasteiger partial charge in [-0.2, -0.15) is 5.10 Å². The molecule has 6 aromatic rings. The number of rotatable bonds is 6. The van der Waals surface area contributed by atoms with Crippen molar-refractivity contribution in [2.75, 3.05) is 26.2 Å². The van der Waals surface area contributed by atoms with Crippen molar-refractivity contribution in [3.05, 3.63) is 150 Å². The number of aromatic nitrogens is 3. The number of carbonyl (C=O) groups is 1. The Kier molecular flexibility index (Phi) is 7.04. The van der Waals surface area contributed by atoms with E-state index in [1.807, 2.05) is 59.5 Å². The second-order valence-electron chi connectivity index (χ2n) is 10.8. The van der Waals surface area contributed by atoms with Gasteiger partial charge in [0.2, 0.25) is 0 Å². The Balaban J connectivity index is 1.19. The molecule has 206 valence electrons. The molecule has 6 heteroatoms. The number of hydrogen-bond acceptors (Lipinski definition) is 3. The lowest BCUT2D eigenvalue weighted by Gasteiger charge is -2.37. The molecule has 0 saturated carbocycles. The molecule has 0 spiro atoms. The third-order valence-electron chi connectivity index (χ3n) is 8.21. The number of carbonyl (C=O) groups excluding carboxylic acids is 1. The van der Waals surface area contributed by atoms with Crippen LogP contribution in [0.4, 0.5) is 0 Å². The molecular formula is C36H32N5O+. The van der Waals surface area contributed by atoms with Crippen molar-refractivity contribution in [3.63, 3.8) is 0 Å². The summed E-state index contributed by atoms with van der Waals surface area (Å²) in [6.07, 6.45) is 1.68. The van der Waals surface area contributed by atoms with Crippen LogP contribution in [0.2, 0.25) is 0 Å². The molecule has 0 radical (unpaired) electrons. The molecule has 6 nitrogen and oxygen atoms in total. The van der Waals surface area contributed by atoms with Crippen LogP contribution in [0.25, 0.3) is 28.2 Å². The van der Waals surface area contributed by atoms with Crippen LogP contribution in [0.1, 0.15) is 27.5 Å². The number of nitrogens with one attached hydrogen (secondary N) is 1. The van der Waals surface area contributed by atoms with E-state index in [-0.39, 0.29) is 11.9 Å². The molecule has 7 rings (SSSR count). The van der Waals surface area contributed by atoms with E-state index in [1.54, 1.807) is 10.7 Å². The first-order valence-electron chi connectivity index (χ1n) is 14.5. The summed E-state index contributed by atoms with van der Waals surface area (Å²) >= 11 is 0. The summed E-state index contributed by atoms with van der Waals surface area (Å²) in [4.78, 5) is 22.4. The van der Waals surface area contributed by atoms with Gasteiger partial charge < -0.3 is 9.80 Å². The van der Waals surface area contributed by atoms with Gasteiger partial charge in [-0.3, -0.25) is 4.79 Å². The van der Waals surface area contributed by atoms with Crippen molar-refractivity contribution in [1.82, 2.24) is 19.5 Å². The van der Waals surface area contributed by atoms with Gasteiger partial charge in [-0.25, -0.2) is 9.50 Å². The summed E-state index contributed by atoms with van der Waals surface area (Å²) in [5, 5.41) is 4.67. The highest BCUT2D eigenvalue weighted by atomic mass is 16.2. The van der Waals surface area contributed by atoms with E-state index in [2.05, 4.69) is 77.9 Å². The Morgan fingerprint density at radius 1 is 0.690 bits per heavy atom. The van der Waals surface area contributed by atoms with Crippen LogP contribution in [-0.2, 0) is 0 Å². The van der Waals surface area contributed by atoms with Gasteiger partial charge in [-0.15, -0.1) is 0 Å². The highest BCUT2D eigenvalue weighted by molar-refractivity contribution is 6.00. The SMILES string of the molecule is O=C(c1cnn2c(-c3ccccc3)cc(-c3ccccc3)nc12)N1CC[NH+](C(c2ccccc2)c2ccccc2)CC1. The molecule has 0 atom stereocenters. The van der Waals surface area contributed by atoms with Crippen LogP contribution in [0.5, 0.6) is 0 Å². The van der Waals surface area contributed by atoms with Crippen molar-refractivity contribution >= 4 is 11.6 Å². The van der Waals surface area contributed by atoms with E-state index in [9.17, 15) is 4.79 Å². The minimum absolute atomic E-state index is 0.0169. The van der Waals surface area contributed by atoms with E-state index < -0.39 is 0 Å². The summed E-state index contributed by atoms with van der Waals surface area (Å²) in [7, 11) is 0. The molecule has 0 bridgehead atoms. The predicted molar refractivity (Wildman–Crippen MR) is 165 cm³/mol.